The summed E-state index contributed by atoms with van der Waals surface area (Å²) < 4.78 is 44.4. The zero-order valence-corrected chi connectivity index (χ0v) is 9.75. The van der Waals surface area contributed by atoms with Crippen LogP contribution in [0.3, 0.4) is 0 Å². The highest BCUT2D eigenvalue weighted by molar-refractivity contribution is 5.72. The predicted molar refractivity (Wildman–Crippen MR) is 62.6 cm³/mol. The van der Waals surface area contributed by atoms with Crippen LogP contribution >= 0.6 is 0 Å². The molecule has 0 spiro atoms. The second-order valence-electron chi connectivity index (χ2n) is 3.52. The van der Waals surface area contributed by atoms with E-state index in [1.807, 2.05) is 0 Å². The van der Waals surface area contributed by atoms with E-state index < -0.39 is 23.1 Å². The van der Waals surface area contributed by atoms with Crippen molar-refractivity contribution >= 4 is 17.2 Å². The maximum absolute atomic E-state index is 13.5. The highest BCUT2D eigenvalue weighted by Gasteiger charge is 2.14. The topological polar surface area (TPSA) is 73.1 Å². The Kier molecular flexibility index (Phi) is 3.41. The number of hydrogen-bond donors (Lipinski definition) is 2. The molecular weight excluding hydrogens is 261 g/mol. The van der Waals surface area contributed by atoms with Crippen molar-refractivity contribution in [2.24, 2.45) is 0 Å². The molecule has 0 atom stereocenters. The first-order valence-corrected chi connectivity index (χ1v) is 5.09. The molecule has 0 saturated carbocycles. The fourth-order valence-corrected chi connectivity index (χ4v) is 1.42. The molecule has 1 aromatic heterocycles. The minimum Gasteiger partial charge on any atom is -0.479 e. The molecule has 100 valence electrons. The maximum Gasteiger partial charge on any atom is 0.242 e. The summed E-state index contributed by atoms with van der Waals surface area (Å²) in [6, 6.07) is 1.22. The Morgan fingerprint density at radius 2 is 1.95 bits per heavy atom. The molecule has 2 aromatic rings. The number of hydrogen-bond acceptors (Lipinski definition) is 5. The fourth-order valence-electron chi connectivity index (χ4n) is 1.42. The van der Waals surface area contributed by atoms with Crippen molar-refractivity contribution in [2.45, 2.75) is 0 Å². The molecule has 0 aliphatic rings. The Morgan fingerprint density at radius 3 is 2.63 bits per heavy atom. The normalized spacial score (nSPS) is 10.3. The number of nitrogens with zero attached hydrogens (tertiary/aromatic N) is 2. The van der Waals surface area contributed by atoms with Gasteiger partial charge >= 0.3 is 0 Å². The van der Waals surface area contributed by atoms with Crippen LogP contribution in [0.1, 0.15) is 0 Å². The van der Waals surface area contributed by atoms with Crippen LogP contribution in [0.15, 0.2) is 18.5 Å². The smallest absolute Gasteiger partial charge is 0.242 e. The molecular formula is C11H9F3N4O. The van der Waals surface area contributed by atoms with Crippen molar-refractivity contribution in [1.29, 1.82) is 0 Å². The number of anilines is 3. The number of nitrogens with one attached hydrogen (secondary N) is 1. The lowest BCUT2D eigenvalue weighted by atomic mass is 10.2. The van der Waals surface area contributed by atoms with Crippen molar-refractivity contribution < 1.29 is 17.9 Å². The van der Waals surface area contributed by atoms with Crippen LogP contribution in [0.25, 0.3) is 0 Å². The number of halogens is 3. The molecule has 0 aliphatic carbocycles. The SMILES string of the molecule is COc1ncnc(Nc2cc(F)cc(F)c2F)c1N. The summed E-state index contributed by atoms with van der Waals surface area (Å²) in [5.74, 6) is -3.44. The van der Waals surface area contributed by atoms with Crippen LogP contribution < -0.4 is 15.8 Å². The lowest BCUT2D eigenvalue weighted by Gasteiger charge is -2.11. The summed E-state index contributed by atoms with van der Waals surface area (Å²) >= 11 is 0. The minimum absolute atomic E-state index is 0.00549. The standard InChI is InChI=1S/C11H9F3N4O/c1-19-11-9(15)10(16-4-17-11)18-7-3-5(12)2-6(13)8(7)14/h2-4H,15H2,1H3,(H,16,17,18). The number of methoxy groups -OCH3 is 1. The average Bonchev–Trinajstić information content (AvgIpc) is 2.37. The van der Waals surface area contributed by atoms with Gasteiger partial charge in [0.25, 0.3) is 0 Å². The van der Waals surface area contributed by atoms with Crippen LogP contribution in [-0.4, -0.2) is 17.1 Å². The molecule has 1 heterocycles. The second kappa shape index (κ2) is 5.01. The van der Waals surface area contributed by atoms with Gasteiger partial charge in [-0.3, -0.25) is 0 Å². The number of benzene rings is 1. The van der Waals surface area contributed by atoms with Crippen LogP contribution in [0, 0.1) is 17.5 Å². The second-order valence-corrected chi connectivity index (χ2v) is 3.52. The van der Waals surface area contributed by atoms with Crippen LogP contribution in [0.2, 0.25) is 0 Å². The van der Waals surface area contributed by atoms with Gasteiger partial charge in [-0.15, -0.1) is 0 Å². The molecule has 0 aliphatic heterocycles. The largest absolute Gasteiger partial charge is 0.479 e. The molecule has 5 nitrogen and oxygen atoms in total. The van der Waals surface area contributed by atoms with E-state index in [1.165, 1.54) is 7.11 Å². The molecule has 0 amide bonds. The summed E-state index contributed by atoms with van der Waals surface area (Å²) in [7, 11) is 1.34. The van der Waals surface area contributed by atoms with E-state index in [2.05, 4.69) is 15.3 Å². The first kappa shape index (κ1) is 12.9. The fraction of sp³-hybridized carbons (Fsp3) is 0.0909. The molecule has 19 heavy (non-hydrogen) atoms. The van der Waals surface area contributed by atoms with Gasteiger partial charge in [-0.2, -0.15) is 4.98 Å². The monoisotopic (exact) mass is 270 g/mol. The third kappa shape index (κ3) is 2.51. The molecule has 0 fully saturated rings. The van der Waals surface area contributed by atoms with Crippen molar-refractivity contribution in [2.75, 3.05) is 18.2 Å². The van der Waals surface area contributed by atoms with Gasteiger partial charge in [-0.25, -0.2) is 18.2 Å². The van der Waals surface area contributed by atoms with Crippen molar-refractivity contribution in [3.63, 3.8) is 0 Å². The Balaban J connectivity index is 2.42. The van der Waals surface area contributed by atoms with Gasteiger partial charge in [0, 0.05) is 12.1 Å². The average molecular weight is 270 g/mol. The van der Waals surface area contributed by atoms with Crippen LogP contribution in [0.5, 0.6) is 5.88 Å². The van der Waals surface area contributed by atoms with E-state index in [0.717, 1.165) is 12.4 Å². The molecule has 3 N–H and O–H groups in total. The third-order valence-corrected chi connectivity index (χ3v) is 2.29. The highest BCUT2D eigenvalue weighted by Crippen LogP contribution is 2.29. The van der Waals surface area contributed by atoms with Gasteiger partial charge in [-0.05, 0) is 0 Å². The van der Waals surface area contributed by atoms with E-state index in [4.69, 9.17) is 10.5 Å². The quantitative estimate of drug-likeness (QED) is 0.837. The first-order chi connectivity index (χ1) is 9.02. The molecule has 0 unspecified atom stereocenters. The number of nitrogens with two attached hydrogens (primary N) is 1. The lowest BCUT2D eigenvalue weighted by molar-refractivity contribution is 0.399. The summed E-state index contributed by atoms with van der Waals surface area (Å²) in [4.78, 5) is 7.46. The minimum atomic E-state index is -1.32. The molecule has 0 bridgehead atoms. The van der Waals surface area contributed by atoms with E-state index in [1.54, 1.807) is 0 Å². The van der Waals surface area contributed by atoms with Crippen molar-refractivity contribution in [3.8, 4) is 5.88 Å². The van der Waals surface area contributed by atoms with Gasteiger partial charge < -0.3 is 15.8 Å². The van der Waals surface area contributed by atoms with Crippen molar-refractivity contribution in [3.05, 3.63) is 35.9 Å². The van der Waals surface area contributed by atoms with Gasteiger partial charge in [0.15, 0.2) is 17.5 Å². The number of aromatic nitrogens is 2. The molecule has 8 heteroatoms. The lowest BCUT2D eigenvalue weighted by Crippen LogP contribution is -2.05. The Bertz CT molecular complexity index is 621. The summed E-state index contributed by atoms with van der Waals surface area (Å²) in [6.45, 7) is 0. The Labute approximate surface area is 106 Å². The van der Waals surface area contributed by atoms with Crippen LogP contribution in [-0.2, 0) is 0 Å². The number of nitrogen functional groups attached to an aromatic ring is 1. The Hall–Kier alpha value is -2.51. The zero-order chi connectivity index (χ0) is 14.0. The molecule has 2 rings (SSSR count). The van der Waals surface area contributed by atoms with Crippen LogP contribution in [0.4, 0.5) is 30.4 Å². The van der Waals surface area contributed by atoms with Crippen molar-refractivity contribution in [1.82, 2.24) is 9.97 Å². The maximum atomic E-state index is 13.5. The van der Waals surface area contributed by atoms with E-state index in [9.17, 15) is 13.2 Å². The predicted octanol–water partition coefficient (Wildman–Crippen LogP) is 2.23. The third-order valence-electron chi connectivity index (χ3n) is 2.29. The Morgan fingerprint density at radius 1 is 1.21 bits per heavy atom. The zero-order valence-electron chi connectivity index (χ0n) is 9.75. The van der Waals surface area contributed by atoms with Gasteiger partial charge in [-0.1, -0.05) is 0 Å². The molecule has 0 saturated heterocycles. The number of rotatable bonds is 3. The molecule has 1 aromatic carbocycles. The van der Waals surface area contributed by atoms with Gasteiger partial charge in [0.2, 0.25) is 5.88 Å². The summed E-state index contributed by atoms with van der Waals surface area (Å²) in [6.07, 6.45) is 1.12. The van der Waals surface area contributed by atoms with E-state index in [-0.39, 0.29) is 17.4 Å². The number of ether oxygens (including phenoxy) is 1. The highest BCUT2D eigenvalue weighted by atomic mass is 19.2. The molecule has 0 radical (unpaired) electrons. The first-order valence-electron chi connectivity index (χ1n) is 5.09. The van der Waals surface area contributed by atoms with Gasteiger partial charge in [0.1, 0.15) is 17.8 Å². The van der Waals surface area contributed by atoms with E-state index >= 15 is 0 Å². The summed E-state index contributed by atoms with van der Waals surface area (Å²) in [5.41, 5.74) is 5.21. The van der Waals surface area contributed by atoms with E-state index in [0.29, 0.717) is 6.07 Å². The summed E-state index contributed by atoms with van der Waals surface area (Å²) in [5, 5.41) is 2.39. The van der Waals surface area contributed by atoms with Gasteiger partial charge in [0.05, 0.1) is 12.8 Å².